The number of nitrogens with one attached hydrogen (secondary N) is 1. The third-order valence-corrected chi connectivity index (χ3v) is 6.30. The van der Waals surface area contributed by atoms with Gasteiger partial charge in [0.05, 0.1) is 22.3 Å². The van der Waals surface area contributed by atoms with E-state index in [1.54, 1.807) is 0 Å². The van der Waals surface area contributed by atoms with Crippen LogP contribution in [0.15, 0.2) is 44.8 Å². The number of rotatable bonds is 7. The average Bonchev–Trinajstić information content (AvgIpc) is 3.26. The van der Waals surface area contributed by atoms with Gasteiger partial charge in [-0.1, -0.05) is 6.07 Å². The lowest BCUT2D eigenvalue weighted by molar-refractivity contribution is 0.0462. The zero-order valence-corrected chi connectivity index (χ0v) is 17.5. The van der Waals surface area contributed by atoms with Gasteiger partial charge in [-0.15, -0.1) is 0 Å². The van der Waals surface area contributed by atoms with Crippen LogP contribution in [0.1, 0.15) is 28.9 Å². The molecule has 162 valence electrons. The fourth-order valence-corrected chi connectivity index (χ4v) is 4.13. The van der Waals surface area contributed by atoms with Gasteiger partial charge in [0.1, 0.15) is 6.61 Å². The van der Waals surface area contributed by atoms with Crippen molar-refractivity contribution in [2.24, 2.45) is 14.1 Å². The van der Waals surface area contributed by atoms with Gasteiger partial charge in [-0.25, -0.2) is 22.7 Å². The third-order valence-electron chi connectivity index (χ3n) is 4.88. The third kappa shape index (κ3) is 4.86. The molecule has 1 N–H and O–H groups in total. The Morgan fingerprint density at radius 2 is 2.00 bits per heavy atom. The van der Waals surface area contributed by atoms with Gasteiger partial charge in [0.2, 0.25) is 10.0 Å². The molecule has 1 fully saturated rings. The van der Waals surface area contributed by atoms with Crippen molar-refractivity contribution in [2.75, 3.05) is 13.2 Å². The standard InChI is InChI=1S/C19H23N3O7S/c1-21-14(10-17(23)22(2)19(21)25)12-29-18(24)13-5-3-7-16(9-13)30(26,27)20-11-15-6-4-8-28-15/h3,5,7,9-10,15,20H,4,6,8,11-12H2,1-2H3/t15-/m0/s1. The molecule has 1 saturated heterocycles. The summed E-state index contributed by atoms with van der Waals surface area (Å²) >= 11 is 0. The monoisotopic (exact) mass is 437 g/mol. The minimum atomic E-state index is -3.82. The van der Waals surface area contributed by atoms with E-state index in [1.807, 2.05) is 0 Å². The molecule has 1 aromatic heterocycles. The van der Waals surface area contributed by atoms with E-state index in [0.717, 1.165) is 17.4 Å². The second-order valence-corrected chi connectivity index (χ2v) is 8.73. The number of sulfonamides is 1. The maximum absolute atomic E-state index is 12.5. The van der Waals surface area contributed by atoms with Crippen molar-refractivity contribution in [3.63, 3.8) is 0 Å². The Kier molecular flexibility index (Phi) is 6.54. The molecular formula is C19H23N3O7S. The number of carbonyl (C=O) groups is 1. The fourth-order valence-electron chi connectivity index (χ4n) is 3.02. The first-order valence-corrected chi connectivity index (χ1v) is 10.8. The molecule has 3 rings (SSSR count). The minimum Gasteiger partial charge on any atom is -0.456 e. The highest BCUT2D eigenvalue weighted by atomic mass is 32.2. The number of ether oxygens (including phenoxy) is 2. The summed E-state index contributed by atoms with van der Waals surface area (Å²) in [5.74, 6) is -0.778. The van der Waals surface area contributed by atoms with Crippen LogP contribution in [0.4, 0.5) is 0 Å². The van der Waals surface area contributed by atoms with E-state index in [1.165, 1.54) is 49.0 Å². The van der Waals surface area contributed by atoms with Crippen LogP contribution >= 0.6 is 0 Å². The van der Waals surface area contributed by atoms with Gasteiger partial charge in [0.15, 0.2) is 0 Å². The molecule has 10 nitrogen and oxygen atoms in total. The molecular weight excluding hydrogens is 414 g/mol. The fraction of sp³-hybridized carbons (Fsp3) is 0.421. The molecule has 1 atom stereocenters. The van der Waals surface area contributed by atoms with E-state index in [-0.39, 0.29) is 35.4 Å². The summed E-state index contributed by atoms with van der Waals surface area (Å²) in [4.78, 5) is 36.0. The highest BCUT2D eigenvalue weighted by molar-refractivity contribution is 7.89. The van der Waals surface area contributed by atoms with Crippen LogP contribution in [0.5, 0.6) is 0 Å². The van der Waals surface area contributed by atoms with E-state index >= 15 is 0 Å². The zero-order chi connectivity index (χ0) is 21.9. The lowest BCUT2D eigenvalue weighted by Gasteiger charge is -2.12. The van der Waals surface area contributed by atoms with E-state index < -0.39 is 27.2 Å². The molecule has 1 aromatic carbocycles. The number of hydrogen-bond acceptors (Lipinski definition) is 7. The van der Waals surface area contributed by atoms with Crippen LogP contribution in [-0.2, 0) is 40.2 Å². The average molecular weight is 437 g/mol. The van der Waals surface area contributed by atoms with Crippen molar-refractivity contribution in [1.82, 2.24) is 13.9 Å². The van der Waals surface area contributed by atoms with Crippen molar-refractivity contribution >= 4 is 16.0 Å². The van der Waals surface area contributed by atoms with Crippen molar-refractivity contribution in [3.05, 3.63) is 62.4 Å². The maximum Gasteiger partial charge on any atom is 0.338 e. The van der Waals surface area contributed by atoms with E-state index in [0.29, 0.717) is 6.61 Å². The van der Waals surface area contributed by atoms with E-state index in [4.69, 9.17) is 9.47 Å². The van der Waals surface area contributed by atoms with Crippen molar-refractivity contribution in [1.29, 1.82) is 0 Å². The molecule has 2 heterocycles. The molecule has 0 spiro atoms. The van der Waals surface area contributed by atoms with Crippen molar-refractivity contribution in [3.8, 4) is 0 Å². The molecule has 0 saturated carbocycles. The van der Waals surface area contributed by atoms with Crippen LogP contribution in [0.2, 0.25) is 0 Å². The molecule has 0 amide bonds. The first-order chi connectivity index (χ1) is 14.2. The molecule has 2 aromatic rings. The maximum atomic E-state index is 12.5. The van der Waals surface area contributed by atoms with Gasteiger partial charge in [0.25, 0.3) is 5.56 Å². The molecule has 0 radical (unpaired) electrons. The van der Waals surface area contributed by atoms with Crippen molar-refractivity contribution in [2.45, 2.75) is 30.4 Å². The topological polar surface area (TPSA) is 126 Å². The molecule has 1 aliphatic heterocycles. The normalized spacial score (nSPS) is 16.5. The number of nitrogens with zero attached hydrogens (tertiary/aromatic N) is 2. The quantitative estimate of drug-likeness (QED) is 0.600. The Labute approximate surface area is 173 Å². The van der Waals surface area contributed by atoms with E-state index in [2.05, 4.69) is 4.72 Å². The molecule has 1 aliphatic rings. The summed E-state index contributed by atoms with van der Waals surface area (Å²) in [5.41, 5.74) is -0.809. The van der Waals surface area contributed by atoms with E-state index in [9.17, 15) is 22.8 Å². The Morgan fingerprint density at radius 3 is 2.70 bits per heavy atom. The summed E-state index contributed by atoms with van der Waals surface area (Å²) in [6, 6.07) is 6.64. The van der Waals surface area contributed by atoms with Crippen LogP contribution < -0.4 is 16.0 Å². The van der Waals surface area contributed by atoms with Gasteiger partial charge < -0.3 is 9.47 Å². The molecule has 0 aliphatic carbocycles. The summed E-state index contributed by atoms with van der Waals surface area (Å²) in [7, 11) is -1.02. The first kappa shape index (κ1) is 21.9. The van der Waals surface area contributed by atoms with Gasteiger partial charge in [-0.2, -0.15) is 0 Å². The predicted octanol–water partition coefficient (Wildman–Crippen LogP) is -0.102. The Morgan fingerprint density at radius 1 is 1.23 bits per heavy atom. The molecule has 11 heteroatoms. The van der Waals surface area contributed by atoms with Crippen LogP contribution in [-0.4, -0.2) is 42.8 Å². The van der Waals surface area contributed by atoms with Crippen molar-refractivity contribution < 1.29 is 22.7 Å². The molecule has 0 bridgehead atoms. The SMILES string of the molecule is Cn1c(COC(=O)c2cccc(S(=O)(=O)NC[C@@H]3CCCO3)c2)cc(=O)n(C)c1=O. The lowest BCUT2D eigenvalue weighted by atomic mass is 10.2. The Hall–Kier alpha value is -2.76. The number of hydrogen-bond donors (Lipinski definition) is 1. The van der Waals surface area contributed by atoms with Crippen LogP contribution in [0.25, 0.3) is 0 Å². The summed E-state index contributed by atoms with van der Waals surface area (Å²) in [5, 5.41) is 0. The highest BCUT2D eigenvalue weighted by Crippen LogP contribution is 2.15. The van der Waals surface area contributed by atoms with Crippen LogP contribution in [0, 0.1) is 0 Å². The highest BCUT2D eigenvalue weighted by Gasteiger charge is 2.21. The number of esters is 1. The zero-order valence-electron chi connectivity index (χ0n) is 16.7. The minimum absolute atomic E-state index is 0.0313. The van der Waals surface area contributed by atoms with Gasteiger partial charge in [-0.05, 0) is 31.0 Å². The second-order valence-electron chi connectivity index (χ2n) is 6.97. The summed E-state index contributed by atoms with van der Waals surface area (Å²) < 4.78 is 40.2. The van der Waals surface area contributed by atoms with Gasteiger partial charge in [-0.3, -0.25) is 13.9 Å². The summed E-state index contributed by atoms with van der Waals surface area (Å²) in [6.45, 7) is 0.468. The molecule has 0 unspecified atom stereocenters. The second kappa shape index (κ2) is 8.94. The molecule has 30 heavy (non-hydrogen) atoms. The number of aromatic nitrogens is 2. The van der Waals surface area contributed by atoms with Gasteiger partial charge >= 0.3 is 11.7 Å². The predicted molar refractivity (Wildman–Crippen MR) is 107 cm³/mol. The lowest BCUT2D eigenvalue weighted by Crippen LogP contribution is -2.38. The first-order valence-electron chi connectivity index (χ1n) is 9.33. The number of carbonyl (C=O) groups excluding carboxylic acids is 1. The largest absolute Gasteiger partial charge is 0.456 e. The van der Waals surface area contributed by atoms with Crippen LogP contribution in [0.3, 0.4) is 0 Å². The number of benzene rings is 1. The summed E-state index contributed by atoms with van der Waals surface area (Å²) in [6.07, 6.45) is 1.53. The van der Waals surface area contributed by atoms with Gasteiger partial charge in [0, 0.05) is 33.3 Å². The smallest absolute Gasteiger partial charge is 0.338 e. The Bertz CT molecular complexity index is 1160. The Balaban J connectivity index is 1.70.